The van der Waals surface area contributed by atoms with E-state index in [0.29, 0.717) is 16.1 Å². The number of benzene rings is 2. The van der Waals surface area contributed by atoms with Gasteiger partial charge in [-0.2, -0.15) is 0 Å². The van der Waals surface area contributed by atoms with Crippen molar-refractivity contribution in [1.82, 2.24) is 9.55 Å². The van der Waals surface area contributed by atoms with E-state index in [0.717, 1.165) is 0 Å². The third-order valence-electron chi connectivity index (χ3n) is 3.36. The molecule has 4 nitrogen and oxygen atoms in total. The molecule has 0 atom stereocenters. The summed E-state index contributed by atoms with van der Waals surface area (Å²) in [5.74, 6) is -0.334. The van der Waals surface area contributed by atoms with E-state index in [1.165, 1.54) is 47.3 Å². The summed E-state index contributed by atoms with van der Waals surface area (Å²) in [6.07, 6.45) is -3.43. The Morgan fingerprint density at radius 1 is 1.12 bits per heavy atom. The van der Waals surface area contributed by atoms with E-state index < -0.39 is 6.36 Å². The zero-order valence-corrected chi connectivity index (χ0v) is 13.9. The highest BCUT2D eigenvalue weighted by Crippen LogP contribution is 2.25. The van der Waals surface area contributed by atoms with Crippen LogP contribution < -0.4 is 10.3 Å². The maximum Gasteiger partial charge on any atom is 0.573 e. The predicted octanol–water partition coefficient (Wildman–Crippen LogP) is 4.65. The molecule has 25 heavy (non-hydrogen) atoms. The van der Waals surface area contributed by atoms with Crippen LogP contribution in [0.15, 0.2) is 47.5 Å². The van der Waals surface area contributed by atoms with E-state index in [1.54, 1.807) is 0 Å². The van der Waals surface area contributed by atoms with Gasteiger partial charge < -0.3 is 4.74 Å². The van der Waals surface area contributed by atoms with Gasteiger partial charge >= 0.3 is 6.36 Å². The molecule has 0 amide bonds. The van der Waals surface area contributed by atoms with Gasteiger partial charge in [0.25, 0.3) is 5.56 Å². The highest BCUT2D eigenvalue weighted by Gasteiger charge is 2.30. The van der Waals surface area contributed by atoms with Gasteiger partial charge in [0, 0.05) is 5.02 Å². The third-order valence-corrected chi connectivity index (χ3v) is 3.86. The molecule has 1 heterocycles. The summed E-state index contributed by atoms with van der Waals surface area (Å²) in [4.78, 5) is 16.7. The van der Waals surface area contributed by atoms with Gasteiger partial charge in [-0.3, -0.25) is 9.36 Å². The van der Waals surface area contributed by atoms with Gasteiger partial charge in [-0.25, -0.2) is 4.98 Å². The van der Waals surface area contributed by atoms with Gasteiger partial charge in [-0.05, 0) is 29.8 Å². The van der Waals surface area contributed by atoms with Crippen LogP contribution in [0.3, 0.4) is 0 Å². The molecule has 0 fully saturated rings. The maximum atomic E-state index is 12.5. The molecule has 0 spiro atoms. The molecule has 1 aromatic heterocycles. The highest BCUT2D eigenvalue weighted by atomic mass is 35.5. The number of nitrogens with zero attached hydrogens (tertiary/aromatic N) is 2. The summed E-state index contributed by atoms with van der Waals surface area (Å²) < 4.78 is 41.6. The van der Waals surface area contributed by atoms with Crippen LogP contribution in [0.2, 0.25) is 10.0 Å². The van der Waals surface area contributed by atoms with Gasteiger partial charge in [0.15, 0.2) is 0 Å². The average molecular weight is 389 g/mol. The van der Waals surface area contributed by atoms with Crippen LogP contribution in [0, 0.1) is 0 Å². The molecule has 0 bridgehead atoms. The van der Waals surface area contributed by atoms with E-state index in [1.807, 2.05) is 0 Å². The van der Waals surface area contributed by atoms with Crippen LogP contribution in [-0.4, -0.2) is 15.9 Å². The third kappa shape index (κ3) is 4.05. The first kappa shape index (κ1) is 17.6. The fraction of sp³-hybridized carbons (Fsp3) is 0.125. The molecule has 0 saturated heterocycles. The summed E-state index contributed by atoms with van der Waals surface area (Å²) >= 11 is 11.9. The summed E-state index contributed by atoms with van der Waals surface area (Å²) in [6, 6.07) is 8.17. The van der Waals surface area contributed by atoms with E-state index >= 15 is 0 Å². The minimum absolute atomic E-state index is 0.123. The number of halogens is 5. The molecule has 0 N–H and O–H groups in total. The average Bonchev–Trinajstić information content (AvgIpc) is 2.51. The van der Waals surface area contributed by atoms with Crippen molar-refractivity contribution < 1.29 is 17.9 Å². The van der Waals surface area contributed by atoms with Crippen molar-refractivity contribution in [3.63, 3.8) is 0 Å². The molecule has 3 aromatic rings. The summed E-state index contributed by atoms with van der Waals surface area (Å²) in [5.41, 5.74) is 0.581. The Labute approximate surface area is 149 Å². The van der Waals surface area contributed by atoms with Crippen molar-refractivity contribution >= 4 is 34.1 Å². The number of rotatable bonds is 3. The maximum absolute atomic E-state index is 12.5. The van der Waals surface area contributed by atoms with Gasteiger partial charge in [0.2, 0.25) is 0 Å². The second-order valence-corrected chi connectivity index (χ2v) is 6.00. The molecule has 130 valence electrons. The molecular weight excluding hydrogens is 380 g/mol. The van der Waals surface area contributed by atoms with Crippen LogP contribution in [0.1, 0.15) is 5.56 Å². The van der Waals surface area contributed by atoms with E-state index in [2.05, 4.69) is 9.72 Å². The molecule has 0 aliphatic rings. The molecule has 0 aliphatic carbocycles. The lowest BCUT2D eigenvalue weighted by Gasteiger charge is -2.10. The first-order chi connectivity index (χ1) is 11.7. The van der Waals surface area contributed by atoms with Crippen LogP contribution in [-0.2, 0) is 6.54 Å². The lowest BCUT2D eigenvalue weighted by Crippen LogP contribution is -2.21. The SMILES string of the molecule is O=c1c2cc(Cl)cc(Cl)c2ncn1Cc1ccc(OC(F)(F)F)cc1. The first-order valence-electron chi connectivity index (χ1n) is 6.92. The number of aromatic nitrogens is 2. The van der Waals surface area contributed by atoms with Gasteiger partial charge in [0.05, 0.1) is 28.8 Å². The Morgan fingerprint density at radius 3 is 2.44 bits per heavy atom. The van der Waals surface area contributed by atoms with Crippen LogP contribution in [0.25, 0.3) is 10.9 Å². The van der Waals surface area contributed by atoms with Gasteiger partial charge in [-0.1, -0.05) is 35.3 Å². The lowest BCUT2D eigenvalue weighted by molar-refractivity contribution is -0.274. The Kier molecular flexibility index (Phi) is 4.62. The van der Waals surface area contributed by atoms with Gasteiger partial charge in [0.1, 0.15) is 5.75 Å². The predicted molar refractivity (Wildman–Crippen MR) is 88.3 cm³/mol. The minimum Gasteiger partial charge on any atom is -0.406 e. The molecule has 0 saturated carbocycles. The van der Waals surface area contributed by atoms with Crippen molar-refractivity contribution in [3.8, 4) is 5.75 Å². The topological polar surface area (TPSA) is 44.1 Å². The zero-order chi connectivity index (χ0) is 18.2. The molecule has 0 radical (unpaired) electrons. The number of ether oxygens (including phenoxy) is 1. The largest absolute Gasteiger partial charge is 0.573 e. The van der Waals surface area contributed by atoms with Crippen molar-refractivity contribution in [2.45, 2.75) is 12.9 Å². The fourth-order valence-corrected chi connectivity index (χ4v) is 2.84. The number of hydrogen-bond donors (Lipinski definition) is 0. The zero-order valence-electron chi connectivity index (χ0n) is 12.3. The molecule has 2 aromatic carbocycles. The Balaban J connectivity index is 1.91. The fourth-order valence-electron chi connectivity index (χ4n) is 2.30. The monoisotopic (exact) mass is 388 g/mol. The molecular formula is C16H9Cl2F3N2O2. The Hall–Kier alpha value is -2.25. The van der Waals surface area contributed by atoms with Crippen molar-refractivity contribution in [2.75, 3.05) is 0 Å². The standard InChI is InChI=1S/C16H9Cl2F3N2O2/c17-10-5-12-14(13(18)6-10)22-8-23(15(12)24)7-9-1-3-11(4-2-9)25-16(19,20)21/h1-6,8H,7H2. The normalized spacial score (nSPS) is 11.7. The minimum atomic E-state index is -4.75. The van der Waals surface area contributed by atoms with Crippen molar-refractivity contribution in [2.24, 2.45) is 0 Å². The lowest BCUT2D eigenvalue weighted by atomic mass is 10.2. The van der Waals surface area contributed by atoms with Gasteiger partial charge in [-0.15, -0.1) is 13.2 Å². The molecule has 0 aliphatic heterocycles. The quantitative estimate of drug-likeness (QED) is 0.655. The van der Waals surface area contributed by atoms with E-state index in [9.17, 15) is 18.0 Å². The van der Waals surface area contributed by atoms with Crippen molar-refractivity contribution in [3.05, 3.63) is 68.7 Å². The summed E-state index contributed by atoms with van der Waals surface area (Å²) in [5, 5.41) is 0.834. The Morgan fingerprint density at radius 2 is 1.80 bits per heavy atom. The Bertz CT molecular complexity index is 986. The second-order valence-electron chi connectivity index (χ2n) is 5.15. The molecule has 0 unspecified atom stereocenters. The molecule has 3 rings (SSSR count). The molecule has 9 heteroatoms. The summed E-state index contributed by atoms with van der Waals surface area (Å²) in [7, 11) is 0. The number of hydrogen-bond acceptors (Lipinski definition) is 3. The van der Waals surface area contributed by atoms with E-state index in [4.69, 9.17) is 23.2 Å². The van der Waals surface area contributed by atoms with Crippen LogP contribution >= 0.6 is 23.2 Å². The first-order valence-corrected chi connectivity index (χ1v) is 7.67. The highest BCUT2D eigenvalue weighted by molar-refractivity contribution is 6.38. The second kappa shape index (κ2) is 6.57. The summed E-state index contributed by atoms with van der Waals surface area (Å²) in [6.45, 7) is 0.123. The van der Waals surface area contributed by atoms with Crippen molar-refractivity contribution in [1.29, 1.82) is 0 Å². The number of fused-ring (bicyclic) bond motifs is 1. The number of alkyl halides is 3. The van der Waals surface area contributed by atoms with E-state index in [-0.39, 0.29) is 28.3 Å². The van der Waals surface area contributed by atoms with Crippen LogP contribution in [0.4, 0.5) is 13.2 Å². The smallest absolute Gasteiger partial charge is 0.406 e. The van der Waals surface area contributed by atoms with Crippen LogP contribution in [0.5, 0.6) is 5.75 Å².